The molecular formula is C20H24N4O3. The van der Waals surface area contributed by atoms with E-state index in [2.05, 4.69) is 10.2 Å². The van der Waals surface area contributed by atoms with Crippen molar-refractivity contribution < 1.29 is 14.3 Å². The van der Waals surface area contributed by atoms with E-state index >= 15 is 0 Å². The molecule has 2 aromatic rings. The third-order valence-corrected chi connectivity index (χ3v) is 5.48. The zero-order valence-electron chi connectivity index (χ0n) is 15.7. The molecule has 0 aliphatic carbocycles. The van der Waals surface area contributed by atoms with Gasteiger partial charge in [0.1, 0.15) is 0 Å². The van der Waals surface area contributed by atoms with Gasteiger partial charge in [0.05, 0.1) is 19.8 Å². The van der Waals surface area contributed by atoms with Crippen molar-refractivity contribution in [1.29, 1.82) is 0 Å². The zero-order chi connectivity index (χ0) is 19.0. The van der Waals surface area contributed by atoms with E-state index in [0.29, 0.717) is 57.1 Å². The largest absolute Gasteiger partial charge is 0.378 e. The molecule has 1 aromatic carbocycles. The van der Waals surface area contributed by atoms with Crippen LogP contribution >= 0.6 is 0 Å². The van der Waals surface area contributed by atoms with Crippen LogP contribution in [-0.4, -0.2) is 64.7 Å². The summed E-state index contributed by atoms with van der Waals surface area (Å²) in [7, 11) is 0. The van der Waals surface area contributed by atoms with Crippen LogP contribution in [0.5, 0.6) is 0 Å². The number of hydrogen-bond acceptors (Lipinski definition) is 4. The van der Waals surface area contributed by atoms with Crippen LogP contribution in [0.15, 0.2) is 18.2 Å². The Kier molecular flexibility index (Phi) is 4.70. The van der Waals surface area contributed by atoms with Crippen molar-refractivity contribution in [3.63, 3.8) is 0 Å². The molecule has 4 rings (SSSR count). The van der Waals surface area contributed by atoms with Gasteiger partial charge in [-0.15, -0.1) is 0 Å². The fraction of sp³-hybridized carbons (Fsp3) is 0.450. The lowest BCUT2D eigenvalue weighted by atomic mass is 10.0. The molecule has 2 aliphatic rings. The predicted molar refractivity (Wildman–Crippen MR) is 99.7 cm³/mol. The summed E-state index contributed by atoms with van der Waals surface area (Å²) in [5.74, 6) is -0.0917. The van der Waals surface area contributed by atoms with E-state index < -0.39 is 0 Å². The molecule has 3 heterocycles. The summed E-state index contributed by atoms with van der Waals surface area (Å²) < 4.78 is 5.32. The van der Waals surface area contributed by atoms with Gasteiger partial charge in [-0.2, -0.15) is 5.10 Å². The molecule has 0 radical (unpaired) electrons. The third-order valence-electron chi connectivity index (χ3n) is 5.48. The van der Waals surface area contributed by atoms with Gasteiger partial charge in [-0.3, -0.25) is 14.7 Å². The van der Waals surface area contributed by atoms with E-state index in [4.69, 9.17) is 4.74 Å². The Balaban J connectivity index is 1.55. The Morgan fingerprint density at radius 1 is 1.04 bits per heavy atom. The number of fused-ring (bicyclic) bond motifs is 1. The van der Waals surface area contributed by atoms with Gasteiger partial charge in [0.2, 0.25) is 0 Å². The summed E-state index contributed by atoms with van der Waals surface area (Å²) in [6, 6.07) is 5.78. The van der Waals surface area contributed by atoms with Gasteiger partial charge in [-0.25, -0.2) is 0 Å². The molecular weight excluding hydrogens is 344 g/mol. The Morgan fingerprint density at radius 2 is 1.81 bits per heavy atom. The maximum Gasteiger partial charge on any atom is 0.274 e. The van der Waals surface area contributed by atoms with Crippen LogP contribution in [0.25, 0.3) is 0 Å². The number of nitrogens with one attached hydrogen (secondary N) is 1. The molecule has 1 aromatic heterocycles. The van der Waals surface area contributed by atoms with E-state index in [9.17, 15) is 9.59 Å². The number of benzene rings is 1. The number of nitrogens with zero attached hydrogens (tertiary/aromatic N) is 3. The first-order valence-electron chi connectivity index (χ1n) is 9.34. The van der Waals surface area contributed by atoms with Crippen LogP contribution in [0.4, 0.5) is 0 Å². The van der Waals surface area contributed by atoms with E-state index in [1.165, 1.54) is 5.56 Å². The van der Waals surface area contributed by atoms with Crippen LogP contribution < -0.4 is 0 Å². The number of carbonyl (C=O) groups is 2. The molecule has 2 amide bonds. The molecule has 0 saturated carbocycles. The number of H-pyrrole nitrogens is 1. The Hall–Kier alpha value is -2.67. The van der Waals surface area contributed by atoms with Gasteiger partial charge in [0.15, 0.2) is 5.69 Å². The number of ether oxygens (including phenoxy) is 1. The summed E-state index contributed by atoms with van der Waals surface area (Å²) in [5.41, 5.74) is 5.19. The highest BCUT2D eigenvalue weighted by molar-refractivity contribution is 5.96. The molecule has 27 heavy (non-hydrogen) atoms. The molecule has 0 unspecified atom stereocenters. The predicted octanol–water partition coefficient (Wildman–Crippen LogP) is 1.70. The monoisotopic (exact) mass is 368 g/mol. The van der Waals surface area contributed by atoms with E-state index in [1.807, 2.05) is 32.0 Å². The number of hydrogen-bond donors (Lipinski definition) is 1. The highest BCUT2D eigenvalue weighted by Crippen LogP contribution is 2.24. The minimum Gasteiger partial charge on any atom is -0.378 e. The fourth-order valence-corrected chi connectivity index (χ4v) is 3.62. The summed E-state index contributed by atoms with van der Waals surface area (Å²) in [6.45, 7) is 7.32. The van der Waals surface area contributed by atoms with Gasteiger partial charge in [0, 0.05) is 42.9 Å². The van der Waals surface area contributed by atoms with Crippen molar-refractivity contribution in [2.75, 3.05) is 32.8 Å². The zero-order valence-corrected chi connectivity index (χ0v) is 15.7. The maximum absolute atomic E-state index is 13.0. The summed E-state index contributed by atoms with van der Waals surface area (Å²) in [4.78, 5) is 29.4. The minimum atomic E-state index is -0.0868. The molecule has 1 fully saturated rings. The summed E-state index contributed by atoms with van der Waals surface area (Å²) >= 11 is 0. The first-order chi connectivity index (χ1) is 13.0. The van der Waals surface area contributed by atoms with Crippen LogP contribution in [0.2, 0.25) is 0 Å². The molecule has 0 atom stereocenters. The van der Waals surface area contributed by atoms with Crippen LogP contribution in [0.3, 0.4) is 0 Å². The molecule has 0 bridgehead atoms. The van der Waals surface area contributed by atoms with Crippen LogP contribution in [0, 0.1) is 13.8 Å². The second-order valence-corrected chi connectivity index (χ2v) is 7.21. The second-order valence-electron chi connectivity index (χ2n) is 7.21. The van der Waals surface area contributed by atoms with Gasteiger partial charge < -0.3 is 14.5 Å². The van der Waals surface area contributed by atoms with Crippen LogP contribution in [-0.2, 0) is 17.7 Å². The highest BCUT2D eigenvalue weighted by atomic mass is 16.5. The third kappa shape index (κ3) is 3.35. The smallest absolute Gasteiger partial charge is 0.274 e. The maximum atomic E-state index is 13.0. The number of morpholine rings is 1. The van der Waals surface area contributed by atoms with Crippen LogP contribution in [0.1, 0.15) is 43.2 Å². The van der Waals surface area contributed by atoms with Crippen molar-refractivity contribution in [2.24, 2.45) is 0 Å². The van der Waals surface area contributed by atoms with E-state index in [0.717, 1.165) is 16.8 Å². The highest BCUT2D eigenvalue weighted by Gasteiger charge is 2.30. The lowest BCUT2D eigenvalue weighted by Gasteiger charge is -2.29. The van der Waals surface area contributed by atoms with Gasteiger partial charge in [-0.1, -0.05) is 6.07 Å². The molecule has 1 N–H and O–H groups in total. The molecule has 7 heteroatoms. The molecule has 7 nitrogen and oxygen atoms in total. The first-order valence-corrected chi connectivity index (χ1v) is 9.34. The minimum absolute atomic E-state index is 0.00489. The number of carbonyl (C=O) groups excluding carboxylic acids is 2. The van der Waals surface area contributed by atoms with Gasteiger partial charge in [-0.05, 0) is 37.1 Å². The first kappa shape index (κ1) is 17.7. The average molecular weight is 368 g/mol. The molecule has 1 saturated heterocycles. The second kappa shape index (κ2) is 7.15. The van der Waals surface area contributed by atoms with Crippen molar-refractivity contribution in [3.8, 4) is 0 Å². The fourth-order valence-electron chi connectivity index (χ4n) is 3.62. The van der Waals surface area contributed by atoms with Crippen molar-refractivity contribution >= 4 is 11.8 Å². The van der Waals surface area contributed by atoms with Crippen molar-refractivity contribution in [2.45, 2.75) is 26.8 Å². The quantitative estimate of drug-likeness (QED) is 0.875. The summed E-state index contributed by atoms with van der Waals surface area (Å²) in [5, 5.41) is 7.27. The average Bonchev–Trinajstić information content (AvgIpc) is 3.12. The lowest BCUT2D eigenvalue weighted by molar-refractivity contribution is 0.0297. The number of amides is 2. The Bertz CT molecular complexity index is 883. The molecule has 142 valence electrons. The van der Waals surface area contributed by atoms with Crippen molar-refractivity contribution in [3.05, 3.63) is 51.8 Å². The lowest BCUT2D eigenvalue weighted by Crippen LogP contribution is -2.42. The molecule has 0 spiro atoms. The van der Waals surface area contributed by atoms with Gasteiger partial charge in [0.25, 0.3) is 11.8 Å². The topological polar surface area (TPSA) is 78.5 Å². The molecule has 2 aliphatic heterocycles. The number of aromatic amines is 1. The summed E-state index contributed by atoms with van der Waals surface area (Å²) in [6.07, 6.45) is 0.676. The van der Waals surface area contributed by atoms with E-state index in [-0.39, 0.29) is 11.8 Å². The standard InChI is InChI=1S/C20H24N4O3/c1-13-3-4-15(11-14(13)2)19(25)24-6-5-17-16(12-24)18(22-21-17)20(26)23-7-9-27-10-8-23/h3-4,11H,5-10,12H2,1-2H3,(H,21,22). The Morgan fingerprint density at radius 3 is 2.56 bits per heavy atom. The van der Waals surface area contributed by atoms with Crippen molar-refractivity contribution in [1.82, 2.24) is 20.0 Å². The Labute approximate surface area is 158 Å². The SMILES string of the molecule is Cc1ccc(C(=O)N2CCc3[nH]nc(C(=O)N4CCOCC4)c3C2)cc1C. The number of aromatic nitrogens is 2. The normalized spacial score (nSPS) is 17.0. The van der Waals surface area contributed by atoms with E-state index in [1.54, 1.807) is 9.80 Å². The van der Waals surface area contributed by atoms with Gasteiger partial charge >= 0.3 is 0 Å². The number of aryl methyl sites for hydroxylation is 2. The number of rotatable bonds is 2.